The van der Waals surface area contributed by atoms with Gasteiger partial charge in [-0.05, 0) is 11.6 Å². The van der Waals surface area contributed by atoms with Gasteiger partial charge in [-0.1, -0.05) is 30.4 Å². The third-order valence-electron chi connectivity index (χ3n) is 2.56. The van der Waals surface area contributed by atoms with Gasteiger partial charge in [0.25, 0.3) is 0 Å². The Morgan fingerprint density at radius 1 is 1.24 bits per heavy atom. The molecule has 0 bridgehead atoms. The van der Waals surface area contributed by atoms with Crippen molar-refractivity contribution in [3.8, 4) is 0 Å². The summed E-state index contributed by atoms with van der Waals surface area (Å²) >= 11 is 0. The Morgan fingerprint density at radius 2 is 2.00 bits per heavy atom. The molecule has 0 aromatic heterocycles. The summed E-state index contributed by atoms with van der Waals surface area (Å²) in [5.41, 5.74) is 1.16. The van der Waals surface area contributed by atoms with Gasteiger partial charge >= 0.3 is 0 Å². The minimum atomic E-state index is -3.48. The molecule has 0 saturated carbocycles. The van der Waals surface area contributed by atoms with Gasteiger partial charge in [-0.2, -0.15) is 0 Å². The van der Waals surface area contributed by atoms with Crippen LogP contribution in [0, 0.1) is 0 Å². The average Bonchev–Trinajstić information content (AvgIpc) is 2.46. The predicted molar refractivity (Wildman–Crippen MR) is 82.7 cm³/mol. The Bertz CT molecular complexity index is 542. The molecule has 0 spiro atoms. The van der Waals surface area contributed by atoms with Gasteiger partial charge in [0.15, 0.2) is 0 Å². The Labute approximate surface area is 125 Å². The molecule has 118 valence electrons. The van der Waals surface area contributed by atoms with Gasteiger partial charge in [-0.3, -0.25) is 4.72 Å². The molecule has 1 rings (SSSR count). The number of para-hydroxylation sites is 1. The van der Waals surface area contributed by atoms with Crippen LogP contribution in [0.15, 0.2) is 30.3 Å². The van der Waals surface area contributed by atoms with Crippen LogP contribution in [0.2, 0.25) is 0 Å². The van der Waals surface area contributed by atoms with Crippen molar-refractivity contribution < 1.29 is 23.0 Å². The lowest BCUT2D eigenvalue weighted by molar-refractivity contribution is 0.0785. The molecule has 0 unspecified atom stereocenters. The van der Waals surface area contributed by atoms with E-state index in [1.54, 1.807) is 43.5 Å². The number of ether oxygens (including phenoxy) is 2. The number of aliphatic hydroxyl groups is 1. The van der Waals surface area contributed by atoms with E-state index >= 15 is 0 Å². The number of methoxy groups -OCH3 is 1. The summed E-state index contributed by atoms with van der Waals surface area (Å²) in [6, 6.07) is 6.96. The Morgan fingerprint density at radius 3 is 2.71 bits per heavy atom. The van der Waals surface area contributed by atoms with E-state index in [0.717, 1.165) is 0 Å². The number of hydrogen-bond donors (Lipinski definition) is 2. The first-order valence-corrected chi connectivity index (χ1v) is 8.18. The molecule has 1 aromatic carbocycles. The second-order valence-electron chi connectivity index (χ2n) is 4.20. The van der Waals surface area contributed by atoms with Gasteiger partial charge in [0.1, 0.15) is 0 Å². The first kappa shape index (κ1) is 17.6. The van der Waals surface area contributed by atoms with Crippen molar-refractivity contribution in [2.24, 2.45) is 0 Å². The SMILES string of the molecule is COCCOCCS(=O)(=O)Nc1ccccc1/C=C/CO. The lowest BCUT2D eigenvalue weighted by atomic mass is 10.2. The molecule has 0 radical (unpaired) electrons. The van der Waals surface area contributed by atoms with E-state index in [1.807, 2.05) is 0 Å². The summed E-state index contributed by atoms with van der Waals surface area (Å²) in [6.45, 7) is 0.797. The Balaban J connectivity index is 2.60. The van der Waals surface area contributed by atoms with Crippen LogP contribution in [0.4, 0.5) is 5.69 Å². The van der Waals surface area contributed by atoms with Gasteiger partial charge in [-0.25, -0.2) is 8.42 Å². The van der Waals surface area contributed by atoms with E-state index in [4.69, 9.17) is 14.6 Å². The first-order chi connectivity index (χ1) is 10.1. The van der Waals surface area contributed by atoms with Crippen molar-refractivity contribution in [1.29, 1.82) is 0 Å². The Kier molecular flexibility index (Phi) is 7.99. The largest absolute Gasteiger partial charge is 0.392 e. The van der Waals surface area contributed by atoms with E-state index < -0.39 is 10.0 Å². The number of rotatable bonds is 10. The molecule has 1 aromatic rings. The molecule has 6 nitrogen and oxygen atoms in total. The summed E-state index contributed by atoms with van der Waals surface area (Å²) in [5, 5.41) is 8.79. The molecule has 0 amide bonds. The van der Waals surface area contributed by atoms with Crippen LogP contribution in [-0.2, 0) is 19.5 Å². The van der Waals surface area contributed by atoms with E-state index in [2.05, 4.69) is 4.72 Å². The van der Waals surface area contributed by atoms with Crippen molar-refractivity contribution in [2.75, 3.05) is 44.0 Å². The molecule has 0 fully saturated rings. The van der Waals surface area contributed by atoms with Gasteiger partial charge in [0.05, 0.1) is 37.9 Å². The zero-order valence-corrected chi connectivity index (χ0v) is 12.8. The highest BCUT2D eigenvalue weighted by atomic mass is 32.2. The van der Waals surface area contributed by atoms with Crippen molar-refractivity contribution >= 4 is 21.8 Å². The van der Waals surface area contributed by atoms with Crippen molar-refractivity contribution in [3.05, 3.63) is 35.9 Å². The van der Waals surface area contributed by atoms with Gasteiger partial charge in [-0.15, -0.1) is 0 Å². The van der Waals surface area contributed by atoms with Crippen LogP contribution >= 0.6 is 0 Å². The van der Waals surface area contributed by atoms with Gasteiger partial charge in [0.2, 0.25) is 10.0 Å². The topological polar surface area (TPSA) is 84.9 Å². The summed E-state index contributed by atoms with van der Waals surface area (Å²) < 4.78 is 36.4. The number of anilines is 1. The molecule has 0 aliphatic heterocycles. The van der Waals surface area contributed by atoms with E-state index in [-0.39, 0.29) is 19.0 Å². The average molecular weight is 315 g/mol. The molecule has 7 heteroatoms. The first-order valence-electron chi connectivity index (χ1n) is 6.52. The lowest BCUT2D eigenvalue weighted by Gasteiger charge is -2.11. The fourth-order valence-corrected chi connectivity index (χ4v) is 2.51. The highest BCUT2D eigenvalue weighted by Gasteiger charge is 2.11. The molecular weight excluding hydrogens is 294 g/mol. The third kappa shape index (κ3) is 7.24. The second-order valence-corrected chi connectivity index (χ2v) is 6.04. The minimum Gasteiger partial charge on any atom is -0.392 e. The predicted octanol–water partition coefficient (Wildman–Crippen LogP) is 1.10. The van der Waals surface area contributed by atoms with Crippen LogP contribution in [0.25, 0.3) is 6.08 Å². The standard InChI is InChI=1S/C14H21NO5S/c1-19-9-10-20-11-12-21(17,18)15-14-7-3-2-5-13(14)6-4-8-16/h2-7,15-16H,8-12H2,1H3/b6-4+. The number of hydrogen-bond acceptors (Lipinski definition) is 5. The maximum Gasteiger partial charge on any atom is 0.235 e. The van der Waals surface area contributed by atoms with E-state index in [1.165, 1.54) is 0 Å². The molecule has 21 heavy (non-hydrogen) atoms. The van der Waals surface area contributed by atoms with Crippen molar-refractivity contribution in [1.82, 2.24) is 0 Å². The summed E-state index contributed by atoms with van der Waals surface area (Å²) in [5.74, 6) is -0.130. The maximum atomic E-state index is 12.0. The highest BCUT2D eigenvalue weighted by molar-refractivity contribution is 7.92. The van der Waals surface area contributed by atoms with E-state index in [9.17, 15) is 8.42 Å². The zero-order valence-electron chi connectivity index (χ0n) is 12.0. The maximum absolute atomic E-state index is 12.0. The van der Waals surface area contributed by atoms with Crippen LogP contribution in [0.5, 0.6) is 0 Å². The quantitative estimate of drug-likeness (QED) is 0.632. The summed E-state index contributed by atoms with van der Waals surface area (Å²) in [6.07, 6.45) is 3.20. The lowest BCUT2D eigenvalue weighted by Crippen LogP contribution is -2.21. The summed E-state index contributed by atoms with van der Waals surface area (Å²) in [4.78, 5) is 0. The van der Waals surface area contributed by atoms with Gasteiger partial charge < -0.3 is 14.6 Å². The molecule has 0 heterocycles. The number of benzene rings is 1. The van der Waals surface area contributed by atoms with Crippen LogP contribution < -0.4 is 4.72 Å². The van der Waals surface area contributed by atoms with Gasteiger partial charge in [0, 0.05) is 7.11 Å². The second kappa shape index (κ2) is 9.51. The fraction of sp³-hybridized carbons (Fsp3) is 0.429. The fourth-order valence-electron chi connectivity index (χ4n) is 1.55. The number of sulfonamides is 1. The Hall–Kier alpha value is -1.41. The normalized spacial score (nSPS) is 11.9. The highest BCUT2D eigenvalue weighted by Crippen LogP contribution is 2.18. The van der Waals surface area contributed by atoms with Crippen molar-refractivity contribution in [3.63, 3.8) is 0 Å². The molecule has 2 N–H and O–H groups in total. The summed E-state index contributed by atoms with van der Waals surface area (Å²) in [7, 11) is -1.93. The molecule has 0 atom stereocenters. The van der Waals surface area contributed by atoms with Crippen molar-refractivity contribution in [2.45, 2.75) is 0 Å². The number of aliphatic hydroxyl groups excluding tert-OH is 1. The smallest absolute Gasteiger partial charge is 0.235 e. The molecule has 0 aliphatic carbocycles. The molecular formula is C14H21NO5S. The molecule has 0 saturated heterocycles. The van der Waals surface area contributed by atoms with Crippen LogP contribution in [0.3, 0.4) is 0 Å². The minimum absolute atomic E-state index is 0.103. The third-order valence-corrected chi connectivity index (χ3v) is 3.79. The van der Waals surface area contributed by atoms with E-state index in [0.29, 0.717) is 24.5 Å². The monoisotopic (exact) mass is 315 g/mol. The zero-order chi connectivity index (χ0) is 15.6. The van der Waals surface area contributed by atoms with Crippen LogP contribution in [-0.4, -0.2) is 52.8 Å². The molecule has 0 aliphatic rings. The number of nitrogens with one attached hydrogen (secondary N) is 1. The van der Waals surface area contributed by atoms with Crippen LogP contribution in [0.1, 0.15) is 5.56 Å².